The SMILES string of the molecule is COc1ccc(Cn2ccc3cc(C)ccc32)cc1CN. The second-order valence-corrected chi connectivity index (χ2v) is 5.36. The molecule has 2 N–H and O–H groups in total. The maximum absolute atomic E-state index is 5.79. The zero-order chi connectivity index (χ0) is 14.8. The fourth-order valence-electron chi connectivity index (χ4n) is 2.74. The summed E-state index contributed by atoms with van der Waals surface area (Å²) >= 11 is 0. The van der Waals surface area contributed by atoms with Crippen molar-refractivity contribution in [3.05, 3.63) is 65.4 Å². The van der Waals surface area contributed by atoms with Gasteiger partial charge in [-0.05, 0) is 48.2 Å². The van der Waals surface area contributed by atoms with Crippen molar-refractivity contribution in [2.45, 2.75) is 20.0 Å². The number of aryl methyl sites for hydroxylation is 1. The van der Waals surface area contributed by atoms with Gasteiger partial charge in [-0.1, -0.05) is 17.7 Å². The second kappa shape index (κ2) is 5.62. The Kier molecular flexibility index (Phi) is 3.67. The molecule has 108 valence electrons. The maximum atomic E-state index is 5.79. The van der Waals surface area contributed by atoms with Crippen LogP contribution in [-0.2, 0) is 13.1 Å². The molecular weight excluding hydrogens is 260 g/mol. The van der Waals surface area contributed by atoms with E-state index in [9.17, 15) is 0 Å². The Labute approximate surface area is 125 Å². The third kappa shape index (κ3) is 2.65. The quantitative estimate of drug-likeness (QED) is 0.795. The van der Waals surface area contributed by atoms with Crippen LogP contribution in [0.4, 0.5) is 0 Å². The molecule has 1 aromatic heterocycles. The van der Waals surface area contributed by atoms with Gasteiger partial charge in [-0.3, -0.25) is 0 Å². The summed E-state index contributed by atoms with van der Waals surface area (Å²) in [6.45, 7) is 3.44. The van der Waals surface area contributed by atoms with E-state index in [2.05, 4.69) is 54.1 Å². The molecule has 0 radical (unpaired) electrons. The van der Waals surface area contributed by atoms with E-state index in [-0.39, 0.29) is 0 Å². The lowest BCUT2D eigenvalue weighted by atomic mass is 10.1. The number of nitrogens with two attached hydrogens (primary N) is 1. The first-order chi connectivity index (χ1) is 10.2. The number of benzene rings is 2. The normalized spacial score (nSPS) is 11.0. The predicted octanol–water partition coefficient (Wildman–Crippen LogP) is 3.47. The highest BCUT2D eigenvalue weighted by atomic mass is 16.5. The fraction of sp³-hybridized carbons (Fsp3) is 0.222. The molecule has 0 fully saturated rings. The summed E-state index contributed by atoms with van der Waals surface area (Å²) in [7, 11) is 1.68. The summed E-state index contributed by atoms with van der Waals surface area (Å²) in [5.41, 5.74) is 10.6. The monoisotopic (exact) mass is 280 g/mol. The standard InChI is InChI=1S/C18H20N2O/c1-13-3-5-17-15(9-13)7-8-20(17)12-14-4-6-18(21-2)16(10-14)11-19/h3-10H,11-12,19H2,1-2H3. The molecule has 3 nitrogen and oxygen atoms in total. The van der Waals surface area contributed by atoms with Crippen molar-refractivity contribution < 1.29 is 4.74 Å². The van der Waals surface area contributed by atoms with Crippen LogP contribution in [0.1, 0.15) is 16.7 Å². The molecule has 0 aliphatic carbocycles. The molecule has 0 aliphatic rings. The van der Waals surface area contributed by atoms with Crippen LogP contribution in [0.2, 0.25) is 0 Å². The zero-order valence-electron chi connectivity index (χ0n) is 12.5. The van der Waals surface area contributed by atoms with Gasteiger partial charge in [0.25, 0.3) is 0 Å². The first-order valence-corrected chi connectivity index (χ1v) is 7.12. The molecule has 3 rings (SSSR count). The number of fused-ring (bicyclic) bond motifs is 1. The van der Waals surface area contributed by atoms with E-state index >= 15 is 0 Å². The Morgan fingerprint density at radius 3 is 2.71 bits per heavy atom. The van der Waals surface area contributed by atoms with Crippen LogP contribution in [0, 0.1) is 6.92 Å². The van der Waals surface area contributed by atoms with Crippen LogP contribution in [-0.4, -0.2) is 11.7 Å². The minimum atomic E-state index is 0.489. The van der Waals surface area contributed by atoms with Gasteiger partial charge < -0.3 is 15.0 Å². The van der Waals surface area contributed by atoms with Crippen molar-refractivity contribution in [1.29, 1.82) is 0 Å². The Bertz CT molecular complexity index is 774. The van der Waals surface area contributed by atoms with E-state index < -0.39 is 0 Å². The van der Waals surface area contributed by atoms with E-state index in [1.54, 1.807) is 7.11 Å². The van der Waals surface area contributed by atoms with Crippen molar-refractivity contribution in [2.75, 3.05) is 7.11 Å². The van der Waals surface area contributed by atoms with E-state index in [1.165, 1.54) is 22.0 Å². The van der Waals surface area contributed by atoms with Gasteiger partial charge in [-0.15, -0.1) is 0 Å². The summed E-state index contributed by atoms with van der Waals surface area (Å²) in [5, 5.41) is 1.28. The minimum absolute atomic E-state index is 0.489. The number of hydrogen-bond acceptors (Lipinski definition) is 2. The molecule has 0 atom stereocenters. The summed E-state index contributed by atoms with van der Waals surface area (Å²) < 4.78 is 7.58. The highest BCUT2D eigenvalue weighted by molar-refractivity contribution is 5.80. The van der Waals surface area contributed by atoms with Gasteiger partial charge in [0, 0.05) is 30.4 Å². The molecule has 21 heavy (non-hydrogen) atoms. The molecule has 0 aliphatic heterocycles. The van der Waals surface area contributed by atoms with E-state index in [1.807, 2.05) is 6.07 Å². The van der Waals surface area contributed by atoms with Crippen LogP contribution in [0.5, 0.6) is 5.75 Å². The maximum Gasteiger partial charge on any atom is 0.123 e. The van der Waals surface area contributed by atoms with Crippen molar-refractivity contribution in [2.24, 2.45) is 5.73 Å². The molecular formula is C18H20N2O. The van der Waals surface area contributed by atoms with Crippen molar-refractivity contribution in [1.82, 2.24) is 4.57 Å². The number of nitrogens with zero attached hydrogens (tertiary/aromatic N) is 1. The average molecular weight is 280 g/mol. The Morgan fingerprint density at radius 2 is 1.95 bits per heavy atom. The molecule has 0 unspecified atom stereocenters. The number of methoxy groups -OCH3 is 1. The fourth-order valence-corrected chi connectivity index (χ4v) is 2.74. The number of ether oxygens (including phenoxy) is 1. The van der Waals surface area contributed by atoms with Crippen LogP contribution >= 0.6 is 0 Å². The molecule has 3 aromatic rings. The topological polar surface area (TPSA) is 40.2 Å². The number of aromatic nitrogens is 1. The summed E-state index contributed by atoms with van der Waals surface area (Å²) in [5.74, 6) is 0.856. The van der Waals surface area contributed by atoms with Gasteiger partial charge in [0.05, 0.1) is 7.11 Å². The molecule has 0 bridgehead atoms. The second-order valence-electron chi connectivity index (χ2n) is 5.36. The van der Waals surface area contributed by atoms with Crippen molar-refractivity contribution >= 4 is 10.9 Å². The van der Waals surface area contributed by atoms with Gasteiger partial charge in [-0.25, -0.2) is 0 Å². The number of rotatable bonds is 4. The summed E-state index contributed by atoms with van der Waals surface area (Å²) in [6, 6.07) is 14.9. The largest absolute Gasteiger partial charge is 0.496 e. The molecule has 1 heterocycles. The van der Waals surface area contributed by atoms with E-state index in [4.69, 9.17) is 10.5 Å². The van der Waals surface area contributed by atoms with Crippen molar-refractivity contribution in [3.8, 4) is 5.75 Å². The molecule has 3 heteroatoms. The van der Waals surface area contributed by atoms with Gasteiger partial charge in [0.15, 0.2) is 0 Å². The molecule has 0 saturated heterocycles. The molecule has 0 amide bonds. The summed E-state index contributed by atoms with van der Waals surface area (Å²) in [4.78, 5) is 0. The smallest absolute Gasteiger partial charge is 0.123 e. The highest BCUT2D eigenvalue weighted by Crippen LogP contribution is 2.22. The molecule has 0 spiro atoms. The first-order valence-electron chi connectivity index (χ1n) is 7.12. The van der Waals surface area contributed by atoms with Gasteiger partial charge in [0.2, 0.25) is 0 Å². The van der Waals surface area contributed by atoms with Gasteiger partial charge >= 0.3 is 0 Å². The lowest BCUT2D eigenvalue weighted by molar-refractivity contribution is 0.409. The van der Waals surface area contributed by atoms with Crippen LogP contribution < -0.4 is 10.5 Å². The molecule has 0 saturated carbocycles. The first kappa shape index (κ1) is 13.7. The third-order valence-corrected chi connectivity index (χ3v) is 3.84. The Hall–Kier alpha value is -2.26. The van der Waals surface area contributed by atoms with Gasteiger partial charge in [-0.2, -0.15) is 0 Å². The van der Waals surface area contributed by atoms with Crippen LogP contribution in [0.3, 0.4) is 0 Å². The number of hydrogen-bond donors (Lipinski definition) is 1. The zero-order valence-corrected chi connectivity index (χ0v) is 12.5. The van der Waals surface area contributed by atoms with Crippen LogP contribution in [0.15, 0.2) is 48.7 Å². The highest BCUT2D eigenvalue weighted by Gasteiger charge is 2.05. The average Bonchev–Trinajstić information content (AvgIpc) is 2.89. The lowest BCUT2D eigenvalue weighted by Gasteiger charge is -2.11. The lowest BCUT2D eigenvalue weighted by Crippen LogP contribution is -2.03. The Morgan fingerprint density at radius 1 is 1.10 bits per heavy atom. The molecule has 2 aromatic carbocycles. The van der Waals surface area contributed by atoms with E-state index in [0.717, 1.165) is 17.9 Å². The predicted molar refractivity (Wildman–Crippen MR) is 86.7 cm³/mol. The van der Waals surface area contributed by atoms with Gasteiger partial charge in [0.1, 0.15) is 5.75 Å². The van der Waals surface area contributed by atoms with E-state index in [0.29, 0.717) is 6.54 Å². The minimum Gasteiger partial charge on any atom is -0.496 e. The Balaban J connectivity index is 1.95. The van der Waals surface area contributed by atoms with Crippen LogP contribution in [0.25, 0.3) is 10.9 Å². The van der Waals surface area contributed by atoms with Crippen molar-refractivity contribution in [3.63, 3.8) is 0 Å². The summed E-state index contributed by atoms with van der Waals surface area (Å²) in [6.07, 6.45) is 2.14. The third-order valence-electron chi connectivity index (χ3n) is 3.84.